The third-order valence-corrected chi connectivity index (χ3v) is 2.69. The monoisotopic (exact) mass is 264 g/mol. The molecule has 1 amide bonds. The zero-order valence-corrected chi connectivity index (χ0v) is 10.1. The van der Waals surface area contributed by atoms with E-state index >= 15 is 0 Å². The van der Waals surface area contributed by atoms with Crippen LogP contribution in [0.2, 0.25) is 5.02 Å². The van der Waals surface area contributed by atoms with E-state index in [2.05, 4.69) is 10.3 Å². The number of aromatic nitrogens is 1. The summed E-state index contributed by atoms with van der Waals surface area (Å²) >= 11 is 5.80. The fourth-order valence-electron chi connectivity index (χ4n) is 1.45. The molecule has 1 heterocycles. The van der Waals surface area contributed by atoms with E-state index in [4.69, 9.17) is 11.6 Å². The fourth-order valence-corrected chi connectivity index (χ4v) is 1.70. The molecule has 18 heavy (non-hydrogen) atoms. The minimum absolute atomic E-state index is 0.0993. The van der Waals surface area contributed by atoms with Gasteiger partial charge in [0, 0.05) is 18.9 Å². The van der Waals surface area contributed by atoms with Gasteiger partial charge in [0.1, 0.15) is 5.82 Å². The summed E-state index contributed by atoms with van der Waals surface area (Å²) in [6.07, 6.45) is 3.29. The number of nitrogens with zero attached hydrogens (tertiary/aromatic N) is 1. The first-order valence-electron chi connectivity index (χ1n) is 5.29. The van der Waals surface area contributed by atoms with Gasteiger partial charge >= 0.3 is 0 Å². The number of carbonyl (C=O) groups is 1. The van der Waals surface area contributed by atoms with E-state index in [-0.39, 0.29) is 16.5 Å². The molecule has 0 aliphatic heterocycles. The second-order valence-corrected chi connectivity index (χ2v) is 4.07. The lowest BCUT2D eigenvalue weighted by molar-refractivity contribution is 0.0951. The fraction of sp³-hybridized carbons (Fsp3) is 0.0769. The van der Waals surface area contributed by atoms with Crippen molar-refractivity contribution in [1.29, 1.82) is 0 Å². The van der Waals surface area contributed by atoms with Crippen LogP contribution in [-0.4, -0.2) is 10.9 Å². The van der Waals surface area contributed by atoms with Gasteiger partial charge in [0.25, 0.3) is 5.91 Å². The van der Waals surface area contributed by atoms with Gasteiger partial charge in [0.2, 0.25) is 0 Å². The van der Waals surface area contributed by atoms with Gasteiger partial charge in [-0.3, -0.25) is 9.78 Å². The summed E-state index contributed by atoms with van der Waals surface area (Å²) in [6, 6.07) is 7.27. The smallest absolute Gasteiger partial charge is 0.253 e. The molecule has 1 N–H and O–H groups in total. The van der Waals surface area contributed by atoms with Crippen molar-refractivity contribution in [3.63, 3.8) is 0 Å². The van der Waals surface area contributed by atoms with E-state index in [0.29, 0.717) is 6.54 Å². The average Bonchev–Trinajstić information content (AvgIpc) is 2.37. The Morgan fingerprint density at radius 2 is 2.00 bits per heavy atom. The molecule has 0 radical (unpaired) electrons. The maximum Gasteiger partial charge on any atom is 0.253 e. The van der Waals surface area contributed by atoms with Crippen molar-refractivity contribution >= 4 is 17.5 Å². The lowest BCUT2D eigenvalue weighted by Gasteiger charge is -2.06. The summed E-state index contributed by atoms with van der Waals surface area (Å²) in [7, 11) is 0. The average molecular weight is 265 g/mol. The van der Waals surface area contributed by atoms with Gasteiger partial charge in [-0.05, 0) is 35.9 Å². The van der Waals surface area contributed by atoms with E-state index < -0.39 is 5.82 Å². The molecule has 1 aromatic heterocycles. The van der Waals surface area contributed by atoms with Crippen molar-refractivity contribution in [1.82, 2.24) is 10.3 Å². The molecule has 0 saturated heterocycles. The number of halogens is 2. The minimum atomic E-state index is -0.467. The molecule has 0 fully saturated rings. The SMILES string of the molecule is O=C(NCc1ccncc1)c1ccc(F)cc1Cl. The molecule has 0 bridgehead atoms. The van der Waals surface area contributed by atoms with E-state index in [1.807, 2.05) is 0 Å². The van der Waals surface area contributed by atoms with Crippen LogP contribution in [0.3, 0.4) is 0 Å². The number of carbonyl (C=O) groups excluding carboxylic acids is 1. The van der Waals surface area contributed by atoms with Crippen molar-refractivity contribution in [3.05, 3.63) is 64.7 Å². The van der Waals surface area contributed by atoms with Gasteiger partial charge < -0.3 is 5.32 Å². The Bertz CT molecular complexity index is 560. The first-order chi connectivity index (χ1) is 8.66. The van der Waals surface area contributed by atoms with Crippen molar-refractivity contribution in [2.75, 3.05) is 0 Å². The summed E-state index contributed by atoms with van der Waals surface area (Å²) < 4.78 is 12.8. The van der Waals surface area contributed by atoms with Crippen molar-refractivity contribution in [2.45, 2.75) is 6.54 Å². The molecule has 0 spiro atoms. The Morgan fingerprint density at radius 1 is 1.28 bits per heavy atom. The molecule has 0 unspecified atom stereocenters. The maximum atomic E-state index is 12.8. The Kier molecular flexibility index (Phi) is 3.89. The van der Waals surface area contributed by atoms with Crippen LogP contribution >= 0.6 is 11.6 Å². The number of hydrogen-bond acceptors (Lipinski definition) is 2. The zero-order valence-electron chi connectivity index (χ0n) is 9.36. The summed E-state index contributed by atoms with van der Waals surface area (Å²) in [4.78, 5) is 15.7. The second kappa shape index (κ2) is 5.60. The van der Waals surface area contributed by atoms with Gasteiger partial charge in [0.15, 0.2) is 0 Å². The van der Waals surface area contributed by atoms with Crippen molar-refractivity contribution in [2.24, 2.45) is 0 Å². The van der Waals surface area contributed by atoms with Crippen LogP contribution in [0.15, 0.2) is 42.7 Å². The van der Waals surface area contributed by atoms with E-state index in [1.54, 1.807) is 24.5 Å². The summed E-state index contributed by atoms with van der Waals surface area (Å²) in [5.41, 5.74) is 1.18. The lowest BCUT2D eigenvalue weighted by atomic mass is 10.2. The highest BCUT2D eigenvalue weighted by atomic mass is 35.5. The summed E-state index contributed by atoms with van der Waals surface area (Å²) in [6.45, 7) is 0.370. The topological polar surface area (TPSA) is 42.0 Å². The first-order valence-corrected chi connectivity index (χ1v) is 5.67. The lowest BCUT2D eigenvalue weighted by Crippen LogP contribution is -2.23. The van der Waals surface area contributed by atoms with E-state index in [1.165, 1.54) is 12.1 Å². The molecule has 2 aromatic rings. The van der Waals surface area contributed by atoms with Crippen molar-refractivity contribution in [3.8, 4) is 0 Å². The molecule has 0 aliphatic carbocycles. The molecule has 0 aliphatic rings. The van der Waals surface area contributed by atoms with Crippen LogP contribution in [0.4, 0.5) is 4.39 Å². The van der Waals surface area contributed by atoms with Gasteiger partial charge in [-0.25, -0.2) is 4.39 Å². The van der Waals surface area contributed by atoms with Crippen LogP contribution in [0.1, 0.15) is 15.9 Å². The molecule has 0 saturated carbocycles. The Balaban J connectivity index is 2.04. The highest BCUT2D eigenvalue weighted by molar-refractivity contribution is 6.33. The molecule has 92 valence electrons. The van der Waals surface area contributed by atoms with Crippen LogP contribution < -0.4 is 5.32 Å². The van der Waals surface area contributed by atoms with Crippen LogP contribution in [0, 0.1) is 5.82 Å². The molecule has 0 atom stereocenters. The van der Waals surface area contributed by atoms with Crippen LogP contribution in [-0.2, 0) is 6.54 Å². The standard InChI is InChI=1S/C13H10ClFN2O/c14-12-7-10(15)1-2-11(12)13(18)17-8-9-3-5-16-6-4-9/h1-7H,8H2,(H,17,18). The number of rotatable bonds is 3. The summed E-state index contributed by atoms with van der Waals surface area (Å²) in [5, 5.41) is 2.80. The van der Waals surface area contributed by atoms with Gasteiger partial charge in [-0.1, -0.05) is 11.6 Å². The molecule has 1 aromatic carbocycles. The number of pyridine rings is 1. The van der Waals surface area contributed by atoms with Crippen molar-refractivity contribution < 1.29 is 9.18 Å². The van der Waals surface area contributed by atoms with Gasteiger partial charge in [-0.2, -0.15) is 0 Å². The highest BCUT2D eigenvalue weighted by Gasteiger charge is 2.10. The van der Waals surface area contributed by atoms with Crippen LogP contribution in [0.25, 0.3) is 0 Å². The normalized spacial score (nSPS) is 10.1. The Morgan fingerprint density at radius 3 is 2.67 bits per heavy atom. The number of benzene rings is 1. The predicted molar refractivity (Wildman–Crippen MR) is 66.8 cm³/mol. The number of hydrogen-bond donors (Lipinski definition) is 1. The highest BCUT2D eigenvalue weighted by Crippen LogP contribution is 2.17. The van der Waals surface area contributed by atoms with Gasteiger partial charge in [0.05, 0.1) is 10.6 Å². The maximum absolute atomic E-state index is 12.8. The summed E-state index contributed by atoms with van der Waals surface area (Å²) in [5.74, 6) is -0.803. The largest absolute Gasteiger partial charge is 0.348 e. The van der Waals surface area contributed by atoms with E-state index in [9.17, 15) is 9.18 Å². The molecular weight excluding hydrogens is 255 g/mol. The third-order valence-electron chi connectivity index (χ3n) is 2.38. The van der Waals surface area contributed by atoms with Gasteiger partial charge in [-0.15, -0.1) is 0 Å². The number of nitrogens with one attached hydrogen (secondary N) is 1. The minimum Gasteiger partial charge on any atom is -0.348 e. The molecular formula is C13H10ClFN2O. The van der Waals surface area contributed by atoms with E-state index in [0.717, 1.165) is 11.6 Å². The molecule has 2 rings (SSSR count). The first kappa shape index (κ1) is 12.5. The van der Waals surface area contributed by atoms with Crippen LogP contribution in [0.5, 0.6) is 0 Å². The molecule has 5 heteroatoms. The quantitative estimate of drug-likeness (QED) is 0.926. The Labute approximate surface area is 109 Å². The third kappa shape index (κ3) is 3.05. The predicted octanol–water partition coefficient (Wildman–Crippen LogP) is 2.80. The second-order valence-electron chi connectivity index (χ2n) is 3.66. The number of amides is 1. The Hall–Kier alpha value is -1.94. The molecule has 3 nitrogen and oxygen atoms in total. The zero-order chi connectivity index (χ0) is 13.0.